The molecule has 33 heavy (non-hydrogen) atoms. The molecule has 2 saturated heterocycles. The van der Waals surface area contributed by atoms with Gasteiger partial charge in [0.1, 0.15) is 11.3 Å². The second-order valence-electron chi connectivity index (χ2n) is 9.18. The van der Waals surface area contributed by atoms with E-state index in [2.05, 4.69) is 23.1 Å². The molecule has 2 aliphatic heterocycles. The summed E-state index contributed by atoms with van der Waals surface area (Å²) in [4.78, 5) is 33.1. The third kappa shape index (κ3) is 4.00. The van der Waals surface area contributed by atoms with Gasteiger partial charge in [-0.15, -0.1) is 0 Å². The normalized spacial score (nSPS) is 21.1. The third-order valence-corrected chi connectivity index (χ3v) is 7.36. The number of fused-ring (bicyclic) bond motifs is 1. The van der Waals surface area contributed by atoms with Crippen LogP contribution in [-0.2, 0) is 22.4 Å². The van der Waals surface area contributed by atoms with E-state index in [0.717, 1.165) is 38.2 Å². The average Bonchev–Trinajstić information content (AvgIpc) is 3.53. The van der Waals surface area contributed by atoms with Crippen molar-refractivity contribution in [1.29, 1.82) is 0 Å². The maximum atomic E-state index is 13.9. The molecule has 1 aromatic carbocycles. The Bertz CT molecular complexity index is 999. The number of piperidine rings is 1. The van der Waals surface area contributed by atoms with Gasteiger partial charge in [-0.1, -0.05) is 30.3 Å². The van der Waals surface area contributed by atoms with E-state index >= 15 is 0 Å². The zero-order valence-electron chi connectivity index (χ0n) is 19.1. The molecule has 2 fully saturated rings. The molecule has 0 saturated carbocycles. The molecule has 5 rings (SSSR count). The first-order valence-electron chi connectivity index (χ1n) is 11.8. The van der Waals surface area contributed by atoms with Crippen LogP contribution < -0.4 is 0 Å². The van der Waals surface area contributed by atoms with Gasteiger partial charge in [0.2, 0.25) is 0 Å². The van der Waals surface area contributed by atoms with Crippen LogP contribution in [0.3, 0.4) is 0 Å². The van der Waals surface area contributed by atoms with Crippen LogP contribution in [0.25, 0.3) is 6.08 Å². The third-order valence-electron chi connectivity index (χ3n) is 7.36. The van der Waals surface area contributed by atoms with Gasteiger partial charge in [-0.2, -0.15) is 0 Å². The Morgan fingerprint density at radius 3 is 2.45 bits per heavy atom. The number of ether oxygens (including phenoxy) is 1. The molecular formula is C26H31N3O4. The van der Waals surface area contributed by atoms with Crippen LogP contribution in [0.5, 0.6) is 0 Å². The zero-order chi connectivity index (χ0) is 22.8. The van der Waals surface area contributed by atoms with E-state index in [1.54, 1.807) is 23.2 Å². The van der Waals surface area contributed by atoms with Crippen molar-refractivity contribution in [2.45, 2.75) is 37.3 Å². The Morgan fingerprint density at radius 2 is 1.82 bits per heavy atom. The van der Waals surface area contributed by atoms with Crippen molar-refractivity contribution in [3.8, 4) is 0 Å². The highest BCUT2D eigenvalue weighted by molar-refractivity contribution is 6.07. The van der Waals surface area contributed by atoms with Crippen molar-refractivity contribution in [2.24, 2.45) is 0 Å². The molecule has 3 aliphatic rings. The second-order valence-corrected chi connectivity index (χ2v) is 9.18. The minimum Gasteiger partial charge on any atom is -0.465 e. The molecule has 7 nitrogen and oxygen atoms in total. The smallest absolute Gasteiger partial charge is 0.328 e. The number of amides is 3. The van der Waals surface area contributed by atoms with E-state index in [-0.39, 0.29) is 18.0 Å². The number of hydrogen-bond acceptors (Lipinski definition) is 5. The van der Waals surface area contributed by atoms with E-state index < -0.39 is 5.54 Å². The maximum Gasteiger partial charge on any atom is 0.328 e. The Morgan fingerprint density at radius 1 is 1.09 bits per heavy atom. The van der Waals surface area contributed by atoms with Crippen LogP contribution >= 0.6 is 0 Å². The molecule has 1 aliphatic carbocycles. The van der Waals surface area contributed by atoms with Gasteiger partial charge in [-0.3, -0.25) is 14.6 Å². The average molecular weight is 450 g/mol. The monoisotopic (exact) mass is 449 g/mol. The molecule has 0 bridgehead atoms. The number of furan rings is 1. The standard InChI is InChI=1S/C26H31N3O4/c1-32-17-15-28-25(31)29(22-18-20-6-2-3-7-21(20)19-22)24(30)26(28)10-13-27(14-11-26)12-4-8-23-9-5-16-33-23/h2-9,16,22H,10-15,17-19H2,1H3/b8-4+. The fourth-order valence-electron chi connectivity index (χ4n) is 5.57. The second kappa shape index (κ2) is 9.15. The van der Waals surface area contributed by atoms with Gasteiger partial charge >= 0.3 is 6.03 Å². The van der Waals surface area contributed by atoms with E-state index in [4.69, 9.17) is 9.15 Å². The largest absolute Gasteiger partial charge is 0.465 e. The van der Waals surface area contributed by atoms with E-state index in [0.29, 0.717) is 26.0 Å². The van der Waals surface area contributed by atoms with Crippen LogP contribution in [0, 0.1) is 0 Å². The Labute approximate surface area is 194 Å². The zero-order valence-corrected chi connectivity index (χ0v) is 19.1. The van der Waals surface area contributed by atoms with Crippen molar-refractivity contribution in [2.75, 3.05) is 39.9 Å². The summed E-state index contributed by atoms with van der Waals surface area (Å²) in [5.41, 5.74) is 1.72. The summed E-state index contributed by atoms with van der Waals surface area (Å²) in [6.45, 7) is 3.19. The van der Waals surface area contributed by atoms with Crippen molar-refractivity contribution in [3.63, 3.8) is 0 Å². The number of rotatable bonds is 7. The number of likely N-dealkylation sites (tertiary alicyclic amines) is 1. The topological polar surface area (TPSA) is 66.2 Å². The van der Waals surface area contributed by atoms with Gasteiger partial charge in [-0.05, 0) is 55.0 Å². The Hall–Kier alpha value is -2.90. The lowest BCUT2D eigenvalue weighted by molar-refractivity contribution is -0.137. The molecule has 1 spiro atoms. The predicted octanol–water partition coefficient (Wildman–Crippen LogP) is 3.21. The SMILES string of the molecule is COCCN1C(=O)N(C2Cc3ccccc3C2)C(=O)C12CCN(C/C=C/c1ccco1)CC2. The van der Waals surface area contributed by atoms with Crippen molar-refractivity contribution in [1.82, 2.24) is 14.7 Å². The maximum absolute atomic E-state index is 13.9. The lowest BCUT2D eigenvalue weighted by Gasteiger charge is -2.42. The van der Waals surface area contributed by atoms with Crippen molar-refractivity contribution in [3.05, 3.63) is 65.6 Å². The molecule has 7 heteroatoms. The molecule has 0 N–H and O–H groups in total. The van der Waals surface area contributed by atoms with E-state index in [1.165, 1.54) is 11.1 Å². The molecule has 3 amide bonds. The van der Waals surface area contributed by atoms with E-state index in [1.807, 2.05) is 30.3 Å². The number of hydrogen-bond donors (Lipinski definition) is 0. The minimum atomic E-state index is -0.758. The molecular weight excluding hydrogens is 418 g/mol. The van der Waals surface area contributed by atoms with Crippen LogP contribution in [0.4, 0.5) is 4.79 Å². The first kappa shape index (κ1) is 21.9. The Balaban J connectivity index is 1.30. The summed E-state index contributed by atoms with van der Waals surface area (Å²) >= 11 is 0. The number of carbonyl (C=O) groups is 2. The fraction of sp³-hybridized carbons (Fsp3) is 0.462. The highest BCUT2D eigenvalue weighted by atomic mass is 16.5. The molecule has 1 aromatic heterocycles. The quantitative estimate of drug-likeness (QED) is 0.608. The Kier molecular flexibility index (Phi) is 6.08. The van der Waals surface area contributed by atoms with Crippen molar-refractivity contribution >= 4 is 18.0 Å². The molecule has 0 unspecified atom stereocenters. The summed E-state index contributed by atoms with van der Waals surface area (Å²) in [7, 11) is 1.63. The van der Waals surface area contributed by atoms with E-state index in [9.17, 15) is 9.59 Å². The number of urea groups is 1. The number of carbonyl (C=O) groups excluding carboxylic acids is 2. The van der Waals surface area contributed by atoms with Gasteiger partial charge in [0.15, 0.2) is 0 Å². The number of nitrogens with zero attached hydrogens (tertiary/aromatic N) is 3. The summed E-state index contributed by atoms with van der Waals surface area (Å²) in [6.07, 6.45) is 8.49. The summed E-state index contributed by atoms with van der Waals surface area (Å²) in [5, 5.41) is 0. The van der Waals surface area contributed by atoms with Gasteiger partial charge in [0.05, 0.1) is 12.9 Å². The van der Waals surface area contributed by atoms with Gasteiger partial charge in [0.25, 0.3) is 5.91 Å². The lowest BCUT2D eigenvalue weighted by Crippen LogP contribution is -2.57. The first-order chi connectivity index (χ1) is 16.1. The van der Waals surface area contributed by atoms with Crippen LogP contribution in [0.1, 0.15) is 29.7 Å². The molecule has 174 valence electrons. The summed E-state index contributed by atoms with van der Waals surface area (Å²) < 4.78 is 10.6. The number of benzene rings is 1. The number of imide groups is 1. The van der Waals surface area contributed by atoms with Crippen molar-refractivity contribution < 1.29 is 18.7 Å². The minimum absolute atomic E-state index is 0.0211. The fourth-order valence-corrected chi connectivity index (χ4v) is 5.57. The summed E-state index contributed by atoms with van der Waals surface area (Å²) in [5.74, 6) is 0.811. The molecule has 0 atom stereocenters. The highest BCUT2D eigenvalue weighted by Crippen LogP contribution is 2.40. The van der Waals surface area contributed by atoms with Crippen LogP contribution in [-0.4, -0.2) is 78.1 Å². The van der Waals surface area contributed by atoms with Gasteiger partial charge < -0.3 is 14.1 Å². The van der Waals surface area contributed by atoms with Crippen LogP contribution in [0.2, 0.25) is 0 Å². The van der Waals surface area contributed by atoms with Crippen LogP contribution in [0.15, 0.2) is 53.2 Å². The summed E-state index contributed by atoms with van der Waals surface area (Å²) in [6, 6.07) is 11.8. The predicted molar refractivity (Wildman–Crippen MR) is 125 cm³/mol. The molecule has 0 radical (unpaired) electrons. The lowest BCUT2D eigenvalue weighted by atomic mass is 9.85. The van der Waals surface area contributed by atoms with Gasteiger partial charge in [0, 0.05) is 39.3 Å². The number of methoxy groups -OCH3 is 1. The van der Waals surface area contributed by atoms with Gasteiger partial charge in [-0.25, -0.2) is 4.79 Å². The molecule has 2 aromatic rings. The first-order valence-corrected chi connectivity index (χ1v) is 11.8. The molecule has 3 heterocycles. The highest BCUT2D eigenvalue weighted by Gasteiger charge is 2.59.